The van der Waals surface area contributed by atoms with Gasteiger partial charge in [-0.2, -0.15) is 8.78 Å². The van der Waals surface area contributed by atoms with Crippen LogP contribution in [0.5, 0.6) is 5.75 Å². The Labute approximate surface area is 330 Å². The van der Waals surface area contributed by atoms with Gasteiger partial charge >= 0.3 is 18.3 Å². The van der Waals surface area contributed by atoms with Gasteiger partial charge in [-0.3, -0.25) is 4.79 Å². The van der Waals surface area contributed by atoms with Crippen molar-refractivity contribution in [2.45, 2.75) is 93.0 Å². The van der Waals surface area contributed by atoms with E-state index in [-0.39, 0.29) is 22.8 Å². The number of carbonyl (C=O) groups excluding carboxylic acids is 2. The Morgan fingerprint density at radius 3 is 2.12 bits per heavy atom. The molecule has 5 aromatic carbocycles. The van der Waals surface area contributed by atoms with E-state index in [9.17, 15) is 27.2 Å². The summed E-state index contributed by atoms with van der Waals surface area (Å²) in [6, 6.07) is 23.7. The van der Waals surface area contributed by atoms with E-state index in [4.69, 9.17) is 9.57 Å². The number of nitrogens with zero attached hydrogens (tertiary/aromatic N) is 2. The number of aryl methyl sites for hydroxylation is 2. The van der Waals surface area contributed by atoms with E-state index in [1.165, 1.54) is 25.1 Å². The second-order valence-electron chi connectivity index (χ2n) is 15.0. The summed E-state index contributed by atoms with van der Waals surface area (Å²) in [6.07, 6.45) is 0.262. The lowest BCUT2D eigenvalue weighted by Gasteiger charge is -2.19. The molecule has 298 valence electrons. The van der Waals surface area contributed by atoms with Gasteiger partial charge in [0.05, 0.1) is 5.52 Å². The average molecular weight is 781 g/mol. The van der Waals surface area contributed by atoms with E-state index in [2.05, 4.69) is 35.7 Å². The van der Waals surface area contributed by atoms with Crippen molar-refractivity contribution in [2.75, 3.05) is 6.61 Å². The molecule has 6 aromatic rings. The van der Waals surface area contributed by atoms with Gasteiger partial charge in [-0.15, -0.1) is 0 Å². The lowest BCUT2D eigenvalue weighted by molar-refractivity contribution is -0.148. The molecule has 0 aliphatic rings. The fourth-order valence-corrected chi connectivity index (χ4v) is 7.75. The number of oxime groups is 1. The summed E-state index contributed by atoms with van der Waals surface area (Å²) in [7, 11) is 0. The number of para-hydroxylation sites is 1. The van der Waals surface area contributed by atoms with E-state index in [0.717, 1.165) is 87.1 Å². The first-order chi connectivity index (χ1) is 27.2. The number of aromatic nitrogens is 1. The molecule has 0 N–H and O–H groups in total. The number of ketones is 1. The van der Waals surface area contributed by atoms with Crippen LogP contribution < -0.4 is 4.74 Å². The van der Waals surface area contributed by atoms with Crippen LogP contribution in [0, 0.1) is 33.6 Å². The molecule has 6 nitrogen and oxygen atoms in total. The quantitative estimate of drug-likeness (QED) is 0.0342. The monoisotopic (exact) mass is 780 g/mol. The van der Waals surface area contributed by atoms with E-state index >= 15 is 0 Å². The van der Waals surface area contributed by atoms with Crippen LogP contribution in [0.4, 0.5) is 17.6 Å². The van der Waals surface area contributed by atoms with E-state index in [1.54, 1.807) is 12.1 Å². The van der Waals surface area contributed by atoms with Crippen molar-refractivity contribution in [3.8, 4) is 5.75 Å². The Kier molecular flexibility index (Phi) is 12.2. The zero-order valence-electron chi connectivity index (χ0n) is 33.4. The molecule has 0 saturated heterocycles. The van der Waals surface area contributed by atoms with Crippen LogP contribution in [-0.4, -0.2) is 41.0 Å². The molecule has 0 spiro atoms. The highest BCUT2D eigenvalue weighted by Gasteiger charge is 2.42. The van der Waals surface area contributed by atoms with Crippen molar-refractivity contribution in [1.82, 2.24) is 4.57 Å². The van der Waals surface area contributed by atoms with Crippen molar-refractivity contribution in [2.24, 2.45) is 11.1 Å². The van der Waals surface area contributed by atoms with Gasteiger partial charge in [0.1, 0.15) is 11.5 Å². The van der Waals surface area contributed by atoms with Crippen molar-refractivity contribution >= 4 is 50.0 Å². The first-order valence-electron chi connectivity index (χ1n) is 19.4. The average Bonchev–Trinajstić information content (AvgIpc) is 3.50. The molecule has 1 atom stereocenters. The summed E-state index contributed by atoms with van der Waals surface area (Å²) in [5.41, 5.74) is 7.70. The molecule has 0 bridgehead atoms. The van der Waals surface area contributed by atoms with Gasteiger partial charge in [0, 0.05) is 57.4 Å². The first-order valence-corrected chi connectivity index (χ1v) is 19.4. The lowest BCUT2D eigenvalue weighted by Crippen LogP contribution is -2.34. The number of unbranched alkanes of at least 4 members (excludes halogenated alkanes) is 1. The van der Waals surface area contributed by atoms with Crippen molar-refractivity contribution < 1.29 is 36.7 Å². The van der Waals surface area contributed by atoms with Crippen LogP contribution in [0.25, 0.3) is 32.6 Å². The molecule has 0 aliphatic carbocycles. The van der Waals surface area contributed by atoms with Crippen molar-refractivity contribution in [1.29, 1.82) is 0 Å². The van der Waals surface area contributed by atoms with E-state index in [0.29, 0.717) is 22.6 Å². The van der Waals surface area contributed by atoms with Crippen molar-refractivity contribution in [3.05, 3.63) is 123 Å². The predicted octanol–water partition coefficient (Wildman–Crippen LogP) is 12.2. The summed E-state index contributed by atoms with van der Waals surface area (Å²) < 4.78 is 61.9. The molecule has 1 unspecified atom stereocenters. The summed E-state index contributed by atoms with van der Waals surface area (Å²) in [5, 5.41) is 7.53. The Morgan fingerprint density at radius 1 is 0.807 bits per heavy atom. The number of benzene rings is 5. The lowest BCUT2D eigenvalue weighted by atomic mass is 9.87. The Hall–Kier alpha value is -5.51. The van der Waals surface area contributed by atoms with Gasteiger partial charge in [-0.1, -0.05) is 86.8 Å². The zero-order valence-corrected chi connectivity index (χ0v) is 33.4. The highest BCUT2D eigenvalue weighted by molar-refractivity contribution is 6.27. The molecular weight excluding hydrogens is 733 g/mol. The van der Waals surface area contributed by atoms with Crippen molar-refractivity contribution in [3.63, 3.8) is 0 Å². The van der Waals surface area contributed by atoms with E-state index < -0.39 is 24.9 Å². The number of ether oxygens (including phenoxy) is 1. The van der Waals surface area contributed by atoms with Crippen LogP contribution in [0.3, 0.4) is 0 Å². The molecule has 6 rings (SSSR count). The normalized spacial score (nSPS) is 12.9. The predicted molar refractivity (Wildman–Crippen MR) is 219 cm³/mol. The Morgan fingerprint density at radius 2 is 1.47 bits per heavy atom. The van der Waals surface area contributed by atoms with Gasteiger partial charge in [0.2, 0.25) is 0 Å². The third kappa shape index (κ3) is 8.18. The molecule has 0 aliphatic heterocycles. The number of rotatable bonds is 15. The van der Waals surface area contributed by atoms with Gasteiger partial charge < -0.3 is 14.1 Å². The summed E-state index contributed by atoms with van der Waals surface area (Å²) in [4.78, 5) is 32.1. The van der Waals surface area contributed by atoms with Gasteiger partial charge in [0.15, 0.2) is 12.4 Å². The Balaban J connectivity index is 1.65. The summed E-state index contributed by atoms with van der Waals surface area (Å²) in [5.74, 6) is -4.98. The topological polar surface area (TPSA) is 69.9 Å². The second-order valence-corrected chi connectivity index (χ2v) is 15.0. The van der Waals surface area contributed by atoms with Gasteiger partial charge in [-0.05, 0) is 98.0 Å². The zero-order chi connectivity index (χ0) is 41.2. The third-order valence-corrected chi connectivity index (χ3v) is 11.1. The molecule has 0 radical (unpaired) electrons. The minimum Gasteiger partial charge on any atom is -0.486 e. The maximum Gasteiger partial charge on any atom is 0.340 e. The number of carbonyl (C=O) groups is 2. The first kappa shape index (κ1) is 41.1. The Bertz CT molecular complexity index is 2490. The standard InChI is InChI=1S/C47H48F4N2O4/c1-8-10-15-32(9-2)25-53-40-21-20-33(43(52-57-31(7)54)36-18-13-14-19-41(36)56-26-47(50,51)46(48)49)23-37(40)38-24-39(34-16-11-12-17-35(34)44(38)53)45(55)42-29(5)27(3)22-28(4)30(42)6/h11-14,16-24,32,46H,8-10,15,25-26H2,1-7H3. The minimum absolute atomic E-state index is 0.0666. The molecule has 1 heterocycles. The SMILES string of the molecule is CCCCC(CC)Cn1c2ccc(C(=NOC(C)=O)c3ccccc3OCC(F)(F)C(F)F)cc2c2cc(C(=O)c3c(C)c(C)cc(C)c3C)c3ccccc3c21. The second kappa shape index (κ2) is 16.9. The number of halogens is 4. The number of hydrogen-bond acceptors (Lipinski definition) is 5. The third-order valence-electron chi connectivity index (χ3n) is 11.1. The van der Waals surface area contributed by atoms with Crippen LogP contribution in [0.2, 0.25) is 0 Å². The fourth-order valence-electron chi connectivity index (χ4n) is 7.75. The van der Waals surface area contributed by atoms with Crippen LogP contribution in [-0.2, 0) is 16.2 Å². The highest BCUT2D eigenvalue weighted by atomic mass is 19.3. The van der Waals surface area contributed by atoms with Crippen LogP contribution in [0.15, 0.2) is 84.0 Å². The van der Waals surface area contributed by atoms with Crippen LogP contribution in [0.1, 0.15) is 95.8 Å². The van der Waals surface area contributed by atoms with Gasteiger partial charge in [-0.25, -0.2) is 13.6 Å². The summed E-state index contributed by atoms with van der Waals surface area (Å²) >= 11 is 0. The molecule has 57 heavy (non-hydrogen) atoms. The largest absolute Gasteiger partial charge is 0.486 e. The molecule has 0 fully saturated rings. The maximum absolute atomic E-state index is 14.9. The number of hydrogen-bond donors (Lipinski definition) is 0. The van der Waals surface area contributed by atoms with Gasteiger partial charge in [0.25, 0.3) is 0 Å². The molecular formula is C47H48F4N2O4. The molecule has 10 heteroatoms. The number of alkyl halides is 4. The molecule has 1 aromatic heterocycles. The van der Waals surface area contributed by atoms with E-state index in [1.807, 2.05) is 64.1 Å². The number of fused-ring (bicyclic) bond motifs is 5. The highest BCUT2D eigenvalue weighted by Crippen LogP contribution is 2.40. The van der Waals surface area contributed by atoms with Crippen LogP contribution >= 0.6 is 0 Å². The fraction of sp³-hybridized carbons (Fsp3) is 0.340. The molecule has 0 amide bonds. The maximum atomic E-state index is 14.9. The molecule has 0 saturated carbocycles. The summed E-state index contributed by atoms with van der Waals surface area (Å²) in [6.45, 7) is 12.7. The smallest absolute Gasteiger partial charge is 0.340 e. The minimum atomic E-state index is -4.40.